The summed E-state index contributed by atoms with van der Waals surface area (Å²) in [6, 6.07) is 30.8. The smallest absolute Gasteiger partial charge is 0.347 e. The van der Waals surface area contributed by atoms with Crippen LogP contribution in [0.25, 0.3) is 11.1 Å². The quantitative estimate of drug-likeness (QED) is 0.0354. The zero-order chi connectivity index (χ0) is 53.9. The molecule has 0 saturated heterocycles. The lowest BCUT2D eigenvalue weighted by Gasteiger charge is -2.18. The summed E-state index contributed by atoms with van der Waals surface area (Å²) in [6.45, 7) is 11.5. The Kier molecular flexibility index (Phi) is 20.9. The second kappa shape index (κ2) is 27.9. The predicted molar refractivity (Wildman–Crippen MR) is 286 cm³/mol. The minimum atomic E-state index is -0.677. The number of benzene rings is 6. The van der Waals surface area contributed by atoms with E-state index in [0.717, 1.165) is 62.5 Å². The van der Waals surface area contributed by atoms with E-state index in [9.17, 15) is 19.2 Å². The highest BCUT2D eigenvalue weighted by Crippen LogP contribution is 2.38. The van der Waals surface area contributed by atoms with Gasteiger partial charge in [-0.05, 0) is 121 Å². The Hall–Kier alpha value is -8.00. The van der Waals surface area contributed by atoms with Crippen LogP contribution in [0.2, 0.25) is 0 Å². The van der Waals surface area contributed by atoms with Gasteiger partial charge in [0.05, 0.1) is 52.8 Å². The van der Waals surface area contributed by atoms with Crippen LogP contribution in [0.3, 0.4) is 0 Å². The molecule has 0 aromatic heterocycles. The summed E-state index contributed by atoms with van der Waals surface area (Å²) in [5, 5.41) is 0. The summed E-state index contributed by atoms with van der Waals surface area (Å²) in [5.74, 6) is 1.58. The van der Waals surface area contributed by atoms with E-state index in [1.165, 1.54) is 89.1 Å². The molecule has 2 unspecified atom stereocenters. The van der Waals surface area contributed by atoms with E-state index in [0.29, 0.717) is 65.1 Å². The molecule has 396 valence electrons. The molecule has 0 aliphatic carbocycles. The lowest BCUT2D eigenvalue weighted by molar-refractivity contribution is 0.0717. The zero-order valence-electron chi connectivity index (χ0n) is 44.4. The lowest BCUT2D eigenvalue weighted by atomic mass is 10.0. The number of ether oxygens (including phenoxy) is 10. The van der Waals surface area contributed by atoms with Crippen LogP contribution in [0.1, 0.15) is 126 Å². The average molecular weight is 1030 g/mol. The molecule has 2 atom stereocenters. The number of aryl methyl sites for hydroxylation is 1. The summed E-state index contributed by atoms with van der Waals surface area (Å²) in [4.78, 5) is 53.0. The van der Waals surface area contributed by atoms with Gasteiger partial charge in [-0.25, -0.2) is 19.2 Å². The SMILES string of the molecule is CCCCC(CC)COc1cc(OC)c(C(=O)Oc2ccc(C(=O)Oc3ccc(-c4ccc(OC(=O)c5ccc(OC(=O)c6cc(OC)c(OCC(CC)CCCC)cc6OC)cc5)c(C)c4)cc3)cc2)cc1OC. The maximum Gasteiger partial charge on any atom is 0.347 e. The number of carbonyl (C=O) groups excluding carboxylic acids is 4. The molecule has 0 heterocycles. The first-order chi connectivity index (χ1) is 36.3. The van der Waals surface area contributed by atoms with Gasteiger partial charge in [-0.1, -0.05) is 84.4 Å². The van der Waals surface area contributed by atoms with Crippen molar-refractivity contribution in [2.75, 3.05) is 41.7 Å². The minimum Gasteiger partial charge on any atom is -0.496 e. The van der Waals surface area contributed by atoms with Crippen molar-refractivity contribution in [3.8, 4) is 68.6 Å². The van der Waals surface area contributed by atoms with Crippen molar-refractivity contribution in [1.82, 2.24) is 0 Å². The summed E-state index contributed by atoms with van der Waals surface area (Å²) in [6.07, 6.45) is 8.58. The third-order valence-corrected chi connectivity index (χ3v) is 12.8. The predicted octanol–water partition coefficient (Wildman–Crippen LogP) is 13.8. The van der Waals surface area contributed by atoms with Gasteiger partial charge < -0.3 is 47.4 Å². The van der Waals surface area contributed by atoms with Crippen molar-refractivity contribution < 1.29 is 66.5 Å². The number of methoxy groups -OCH3 is 4. The second-order valence-electron chi connectivity index (χ2n) is 18.0. The highest BCUT2D eigenvalue weighted by atomic mass is 16.6. The number of rotatable bonds is 27. The monoisotopic (exact) mass is 1020 g/mol. The molecule has 6 aromatic rings. The van der Waals surface area contributed by atoms with Gasteiger partial charge in [-0.2, -0.15) is 0 Å². The number of esters is 4. The van der Waals surface area contributed by atoms with E-state index < -0.39 is 23.9 Å². The first-order valence-electron chi connectivity index (χ1n) is 25.4. The van der Waals surface area contributed by atoms with Gasteiger partial charge in [0, 0.05) is 24.3 Å². The third-order valence-electron chi connectivity index (χ3n) is 12.8. The minimum absolute atomic E-state index is 0.148. The van der Waals surface area contributed by atoms with Crippen LogP contribution in [-0.4, -0.2) is 65.5 Å². The van der Waals surface area contributed by atoms with Gasteiger partial charge in [0.1, 0.15) is 45.6 Å². The first-order valence-corrected chi connectivity index (χ1v) is 25.4. The van der Waals surface area contributed by atoms with Crippen molar-refractivity contribution in [2.24, 2.45) is 11.8 Å². The maximum absolute atomic E-state index is 13.4. The zero-order valence-corrected chi connectivity index (χ0v) is 44.4. The summed E-state index contributed by atoms with van der Waals surface area (Å²) in [7, 11) is 5.94. The van der Waals surface area contributed by atoms with E-state index in [1.807, 2.05) is 31.2 Å². The van der Waals surface area contributed by atoms with Gasteiger partial charge in [0.25, 0.3) is 0 Å². The van der Waals surface area contributed by atoms with Gasteiger partial charge in [0.2, 0.25) is 0 Å². The van der Waals surface area contributed by atoms with E-state index >= 15 is 0 Å². The van der Waals surface area contributed by atoms with Crippen LogP contribution in [0.15, 0.2) is 115 Å². The highest BCUT2D eigenvalue weighted by molar-refractivity contribution is 5.96. The topological polar surface area (TPSA) is 161 Å². The van der Waals surface area contributed by atoms with Crippen LogP contribution in [0.4, 0.5) is 0 Å². The van der Waals surface area contributed by atoms with Crippen molar-refractivity contribution in [3.05, 3.63) is 143 Å². The fraction of sp³-hybridized carbons (Fsp3) is 0.344. The molecule has 0 N–H and O–H groups in total. The molecule has 0 saturated carbocycles. The van der Waals surface area contributed by atoms with Crippen molar-refractivity contribution in [3.63, 3.8) is 0 Å². The Morgan fingerprint density at radius 2 is 0.787 bits per heavy atom. The molecule has 75 heavy (non-hydrogen) atoms. The van der Waals surface area contributed by atoms with E-state index in [-0.39, 0.29) is 45.3 Å². The molecular formula is C61H68O14. The molecular weight excluding hydrogens is 957 g/mol. The molecule has 0 fully saturated rings. The van der Waals surface area contributed by atoms with Gasteiger partial charge in [0.15, 0.2) is 23.0 Å². The van der Waals surface area contributed by atoms with E-state index in [4.69, 9.17) is 47.4 Å². The van der Waals surface area contributed by atoms with Crippen LogP contribution >= 0.6 is 0 Å². The molecule has 0 aliphatic heterocycles. The molecule has 0 aliphatic rings. The lowest BCUT2D eigenvalue weighted by Crippen LogP contribution is -2.14. The van der Waals surface area contributed by atoms with Crippen LogP contribution in [-0.2, 0) is 0 Å². The van der Waals surface area contributed by atoms with Crippen LogP contribution in [0, 0.1) is 18.8 Å². The fourth-order valence-corrected chi connectivity index (χ4v) is 8.12. The molecule has 0 bridgehead atoms. The molecule has 6 rings (SSSR count). The first kappa shape index (κ1) is 56.3. The average Bonchev–Trinajstić information content (AvgIpc) is 3.43. The van der Waals surface area contributed by atoms with Gasteiger partial charge in [-0.15, -0.1) is 0 Å². The van der Waals surface area contributed by atoms with Crippen molar-refractivity contribution in [2.45, 2.75) is 86.0 Å². The van der Waals surface area contributed by atoms with Crippen molar-refractivity contribution >= 4 is 23.9 Å². The summed E-state index contributed by atoms with van der Waals surface area (Å²) < 4.78 is 57.1. The van der Waals surface area contributed by atoms with Crippen LogP contribution in [0.5, 0.6) is 57.5 Å². The normalized spacial score (nSPS) is 11.6. The fourth-order valence-electron chi connectivity index (χ4n) is 8.12. The van der Waals surface area contributed by atoms with E-state index in [2.05, 4.69) is 27.7 Å². The Balaban J connectivity index is 1.01. The van der Waals surface area contributed by atoms with Gasteiger partial charge >= 0.3 is 23.9 Å². The largest absolute Gasteiger partial charge is 0.496 e. The Morgan fingerprint density at radius 1 is 0.400 bits per heavy atom. The second-order valence-corrected chi connectivity index (χ2v) is 18.0. The number of unbranched alkanes of at least 4 members (excludes halogenated alkanes) is 2. The van der Waals surface area contributed by atoms with Crippen molar-refractivity contribution in [1.29, 1.82) is 0 Å². The van der Waals surface area contributed by atoms with Gasteiger partial charge in [-0.3, -0.25) is 0 Å². The Bertz CT molecular complexity index is 2850. The summed E-state index contributed by atoms with van der Waals surface area (Å²) in [5.41, 5.74) is 3.17. The molecule has 6 aromatic carbocycles. The highest BCUT2D eigenvalue weighted by Gasteiger charge is 2.24. The Labute approximate surface area is 440 Å². The standard InChI is InChI=1S/C61H68O14/c1-10-14-16-40(12-3)37-70-56-35-52(66-6)49(33-54(56)68-8)60(64)73-47-27-20-43(21-28-47)58(62)72-46-25-18-42(19-26-46)45-24-31-51(39(5)32-45)75-59(63)44-22-29-48(30-23-44)74-61(65)50-34-55(69-9)57(36-53(50)67-7)71-38-41(13-4)17-15-11-2/h18-36,40-41H,10-17,37-38H2,1-9H3. The molecule has 0 radical (unpaired) electrons. The molecule has 0 spiro atoms. The van der Waals surface area contributed by atoms with Crippen LogP contribution < -0.4 is 47.4 Å². The maximum atomic E-state index is 13.4. The molecule has 14 heteroatoms. The summed E-state index contributed by atoms with van der Waals surface area (Å²) >= 11 is 0. The number of carbonyl (C=O) groups is 4. The molecule has 14 nitrogen and oxygen atoms in total. The number of hydrogen-bond donors (Lipinski definition) is 0. The number of hydrogen-bond acceptors (Lipinski definition) is 14. The third kappa shape index (κ3) is 15.3. The molecule has 0 amide bonds. The Morgan fingerprint density at radius 3 is 1.17 bits per heavy atom. The van der Waals surface area contributed by atoms with E-state index in [1.54, 1.807) is 30.3 Å².